The van der Waals surface area contributed by atoms with Crippen molar-refractivity contribution in [3.05, 3.63) is 0 Å². The van der Waals surface area contributed by atoms with Crippen LogP contribution in [0.3, 0.4) is 0 Å². The molecular formula is C18H28F3N3O6. The summed E-state index contributed by atoms with van der Waals surface area (Å²) in [7, 11) is 0. The van der Waals surface area contributed by atoms with Crippen LogP contribution in [-0.2, 0) is 19.1 Å². The standard InChI is InChI=1S/C16H27N3O4.C2HF3O2/c1-9(2)6-18-15(21)11-5-10-7-19(8-13(11)23-10)16(22)14-12(20)3-4-17-14;3-2(4,5)1(6)7/h9-14,17,20H,3-8H2,1-2H3,(H,18,21);(H,6,7)/t10?,11?,12-,13?,14-;/m0./s1. The van der Waals surface area contributed by atoms with E-state index in [1.165, 1.54) is 0 Å². The number of halogens is 3. The molecule has 12 heteroatoms. The van der Waals surface area contributed by atoms with Gasteiger partial charge in [-0.3, -0.25) is 9.59 Å². The third kappa shape index (κ3) is 6.29. The number of aliphatic hydroxyl groups excluding tert-OH is 1. The maximum absolute atomic E-state index is 12.6. The molecule has 3 aliphatic rings. The number of nitrogens with zero attached hydrogens (tertiary/aromatic N) is 1. The third-order valence-electron chi connectivity index (χ3n) is 5.19. The van der Waals surface area contributed by atoms with E-state index in [0.717, 1.165) is 0 Å². The zero-order chi connectivity index (χ0) is 22.6. The highest BCUT2D eigenvalue weighted by Gasteiger charge is 2.47. The Balaban J connectivity index is 0.000000396. The van der Waals surface area contributed by atoms with E-state index in [1.807, 2.05) is 0 Å². The molecule has 5 atom stereocenters. The van der Waals surface area contributed by atoms with Crippen LogP contribution in [0.1, 0.15) is 26.7 Å². The molecule has 3 heterocycles. The van der Waals surface area contributed by atoms with Gasteiger partial charge in [0.25, 0.3) is 0 Å². The van der Waals surface area contributed by atoms with Crippen molar-refractivity contribution in [2.45, 2.75) is 57.2 Å². The van der Waals surface area contributed by atoms with Gasteiger partial charge in [-0.2, -0.15) is 13.2 Å². The van der Waals surface area contributed by atoms with E-state index < -0.39 is 24.3 Å². The number of carboxylic acid groups (broad SMARTS) is 1. The number of amides is 2. The quantitative estimate of drug-likeness (QED) is 0.475. The van der Waals surface area contributed by atoms with Crippen LogP contribution in [0.25, 0.3) is 0 Å². The summed E-state index contributed by atoms with van der Waals surface area (Å²) in [5.74, 6) is -2.57. The molecule has 0 aromatic carbocycles. The molecule has 3 fully saturated rings. The fraction of sp³-hybridized carbons (Fsp3) is 0.833. The second-order valence-corrected chi connectivity index (χ2v) is 8.11. The largest absolute Gasteiger partial charge is 0.490 e. The van der Waals surface area contributed by atoms with E-state index in [-0.39, 0.29) is 29.9 Å². The number of hydrogen-bond acceptors (Lipinski definition) is 6. The maximum atomic E-state index is 12.6. The first kappa shape index (κ1) is 24.4. The molecule has 0 aromatic heterocycles. The van der Waals surface area contributed by atoms with Crippen molar-refractivity contribution in [3.8, 4) is 0 Å². The summed E-state index contributed by atoms with van der Waals surface area (Å²) in [4.78, 5) is 35.5. The van der Waals surface area contributed by atoms with Crippen molar-refractivity contribution in [2.75, 3.05) is 26.2 Å². The summed E-state index contributed by atoms with van der Waals surface area (Å²) >= 11 is 0. The Morgan fingerprint density at radius 1 is 1.27 bits per heavy atom. The Hall–Kier alpha value is -1.92. The lowest BCUT2D eigenvalue weighted by atomic mass is 9.99. The van der Waals surface area contributed by atoms with Crippen LogP contribution < -0.4 is 10.6 Å². The number of ether oxygens (including phenoxy) is 1. The molecule has 2 bridgehead atoms. The van der Waals surface area contributed by atoms with Gasteiger partial charge in [-0.15, -0.1) is 0 Å². The number of nitrogens with one attached hydrogen (secondary N) is 2. The lowest BCUT2D eigenvalue weighted by Crippen LogP contribution is -2.54. The van der Waals surface area contributed by atoms with Crippen molar-refractivity contribution in [3.63, 3.8) is 0 Å². The first-order valence-electron chi connectivity index (χ1n) is 9.83. The number of morpholine rings is 1. The highest BCUT2D eigenvalue weighted by atomic mass is 19.4. The van der Waals surface area contributed by atoms with Gasteiger partial charge in [0.15, 0.2) is 0 Å². The van der Waals surface area contributed by atoms with Gasteiger partial charge in [-0.05, 0) is 25.3 Å². The van der Waals surface area contributed by atoms with Crippen LogP contribution >= 0.6 is 0 Å². The SMILES string of the molecule is CC(C)CNC(=O)C1CC2CN(C(=O)[C@H]3NCC[C@@H]3O)CC1O2.O=C(O)C(F)(F)F. The number of aliphatic carboxylic acids is 1. The van der Waals surface area contributed by atoms with Crippen LogP contribution in [0.4, 0.5) is 13.2 Å². The number of aliphatic hydroxyl groups is 1. The number of alkyl halides is 3. The molecule has 3 rings (SSSR count). The molecule has 30 heavy (non-hydrogen) atoms. The van der Waals surface area contributed by atoms with Crippen LogP contribution in [0.2, 0.25) is 0 Å². The number of carboxylic acids is 1. The predicted octanol–water partition coefficient (Wildman–Crippen LogP) is -0.269. The zero-order valence-electron chi connectivity index (χ0n) is 16.8. The van der Waals surface area contributed by atoms with Gasteiger partial charge in [-0.1, -0.05) is 13.8 Å². The number of hydrogen-bond donors (Lipinski definition) is 4. The number of carbonyl (C=O) groups is 3. The van der Waals surface area contributed by atoms with E-state index >= 15 is 0 Å². The Kier molecular flexibility index (Phi) is 8.06. The Morgan fingerprint density at radius 2 is 1.90 bits per heavy atom. The molecule has 4 N–H and O–H groups in total. The van der Waals surface area contributed by atoms with E-state index in [9.17, 15) is 27.9 Å². The molecule has 0 radical (unpaired) electrons. The van der Waals surface area contributed by atoms with Crippen molar-refractivity contribution < 1.29 is 42.5 Å². The van der Waals surface area contributed by atoms with Gasteiger partial charge in [0.1, 0.15) is 6.04 Å². The van der Waals surface area contributed by atoms with Crippen molar-refractivity contribution in [2.24, 2.45) is 11.8 Å². The van der Waals surface area contributed by atoms with Crippen LogP contribution in [-0.4, -0.2) is 89.6 Å². The number of rotatable bonds is 4. The van der Waals surface area contributed by atoms with E-state index in [1.54, 1.807) is 4.90 Å². The molecule has 0 aliphatic carbocycles. The summed E-state index contributed by atoms with van der Waals surface area (Å²) in [5.41, 5.74) is 0. The maximum Gasteiger partial charge on any atom is 0.490 e. The average molecular weight is 439 g/mol. The number of fused-ring (bicyclic) bond motifs is 2. The lowest BCUT2D eigenvalue weighted by Gasteiger charge is -2.34. The second kappa shape index (κ2) is 9.92. The molecule has 2 amide bonds. The second-order valence-electron chi connectivity index (χ2n) is 8.11. The van der Waals surface area contributed by atoms with E-state index in [2.05, 4.69) is 24.5 Å². The molecule has 0 spiro atoms. The minimum Gasteiger partial charge on any atom is -0.475 e. The van der Waals surface area contributed by atoms with Gasteiger partial charge in [0.2, 0.25) is 11.8 Å². The lowest BCUT2D eigenvalue weighted by molar-refractivity contribution is -0.192. The van der Waals surface area contributed by atoms with Crippen LogP contribution in [0.15, 0.2) is 0 Å². The molecule has 3 unspecified atom stereocenters. The van der Waals surface area contributed by atoms with E-state index in [4.69, 9.17) is 14.6 Å². The van der Waals surface area contributed by atoms with Crippen molar-refractivity contribution in [1.29, 1.82) is 0 Å². The average Bonchev–Trinajstić information content (AvgIpc) is 3.21. The molecule has 0 aromatic rings. The van der Waals surface area contributed by atoms with E-state index in [0.29, 0.717) is 44.9 Å². The minimum atomic E-state index is -5.08. The molecular weight excluding hydrogens is 411 g/mol. The fourth-order valence-electron chi connectivity index (χ4n) is 3.69. The monoisotopic (exact) mass is 439 g/mol. The van der Waals surface area contributed by atoms with Gasteiger partial charge in [0.05, 0.1) is 24.2 Å². The van der Waals surface area contributed by atoms with Crippen molar-refractivity contribution >= 4 is 17.8 Å². The number of likely N-dealkylation sites (tertiary alicyclic amines) is 1. The van der Waals surface area contributed by atoms with Gasteiger partial charge < -0.3 is 30.5 Å². The topological polar surface area (TPSA) is 128 Å². The normalized spacial score (nSPS) is 30.6. The Morgan fingerprint density at radius 3 is 2.40 bits per heavy atom. The summed E-state index contributed by atoms with van der Waals surface area (Å²) < 4.78 is 37.6. The Labute approximate surface area is 171 Å². The highest BCUT2D eigenvalue weighted by molar-refractivity contribution is 5.84. The first-order valence-corrected chi connectivity index (χ1v) is 9.83. The third-order valence-corrected chi connectivity index (χ3v) is 5.19. The fourth-order valence-corrected chi connectivity index (χ4v) is 3.69. The van der Waals surface area contributed by atoms with Gasteiger partial charge >= 0.3 is 12.1 Å². The molecule has 172 valence electrons. The first-order chi connectivity index (χ1) is 13.9. The molecule has 3 aliphatic heterocycles. The smallest absolute Gasteiger partial charge is 0.475 e. The molecule has 3 saturated heterocycles. The zero-order valence-corrected chi connectivity index (χ0v) is 16.8. The molecule has 0 saturated carbocycles. The van der Waals surface area contributed by atoms with Crippen molar-refractivity contribution in [1.82, 2.24) is 15.5 Å². The van der Waals surface area contributed by atoms with Crippen LogP contribution in [0.5, 0.6) is 0 Å². The van der Waals surface area contributed by atoms with Crippen LogP contribution in [0, 0.1) is 11.8 Å². The summed E-state index contributed by atoms with van der Waals surface area (Å²) in [6.45, 7) is 6.38. The summed E-state index contributed by atoms with van der Waals surface area (Å²) in [6, 6.07) is -0.513. The number of carbonyl (C=O) groups excluding carboxylic acids is 2. The Bertz CT molecular complexity index is 645. The van der Waals surface area contributed by atoms with Gasteiger partial charge in [-0.25, -0.2) is 4.79 Å². The summed E-state index contributed by atoms with van der Waals surface area (Å²) in [5, 5.41) is 23.0. The van der Waals surface area contributed by atoms with Gasteiger partial charge in [0, 0.05) is 19.6 Å². The minimum absolute atomic E-state index is 0.0273. The summed E-state index contributed by atoms with van der Waals surface area (Å²) in [6.07, 6.45) is -4.74. The highest BCUT2D eigenvalue weighted by Crippen LogP contribution is 2.32. The molecule has 9 nitrogen and oxygen atoms in total. The predicted molar refractivity (Wildman–Crippen MR) is 97.3 cm³/mol.